The van der Waals surface area contributed by atoms with Crippen LogP contribution in [0, 0.1) is 20.2 Å². The molecule has 2 fully saturated rings. The molecule has 2 aliphatic rings. The van der Waals surface area contributed by atoms with Crippen molar-refractivity contribution in [2.45, 2.75) is 38.0 Å². The van der Waals surface area contributed by atoms with Gasteiger partial charge in [0.2, 0.25) is 0 Å². The van der Waals surface area contributed by atoms with Crippen LogP contribution >= 0.6 is 0 Å². The van der Waals surface area contributed by atoms with E-state index in [2.05, 4.69) is 20.4 Å². The standard InChI is InChI=1S/C24H32N6O4/c31-29(32)21-9-5-19(6-10-21)23-25-13-3-17-27(23)15-1-2-16-28-18-4-14-26-24(28)20-7-11-22(12-8-20)30(33)34/h5-12,23-26H,1-4,13-18H2. The van der Waals surface area contributed by atoms with E-state index in [0.29, 0.717) is 0 Å². The van der Waals surface area contributed by atoms with E-state index in [9.17, 15) is 20.2 Å². The quantitative estimate of drug-likeness (QED) is 0.326. The molecule has 0 aromatic heterocycles. The highest BCUT2D eigenvalue weighted by Gasteiger charge is 2.25. The van der Waals surface area contributed by atoms with Gasteiger partial charge in [0, 0.05) is 37.4 Å². The second kappa shape index (κ2) is 11.5. The molecule has 182 valence electrons. The molecule has 0 radical (unpaired) electrons. The largest absolute Gasteiger partial charge is 0.298 e. The number of nitrogens with zero attached hydrogens (tertiary/aromatic N) is 4. The Morgan fingerprint density at radius 1 is 0.706 bits per heavy atom. The predicted molar refractivity (Wildman–Crippen MR) is 129 cm³/mol. The summed E-state index contributed by atoms with van der Waals surface area (Å²) < 4.78 is 0. The summed E-state index contributed by atoms with van der Waals surface area (Å²) in [5, 5.41) is 29.0. The van der Waals surface area contributed by atoms with Gasteiger partial charge in [0.25, 0.3) is 11.4 Å². The molecule has 2 heterocycles. The minimum atomic E-state index is -0.366. The van der Waals surface area contributed by atoms with Gasteiger partial charge in [-0.2, -0.15) is 0 Å². The Kier molecular flexibility index (Phi) is 8.17. The number of hydrogen-bond acceptors (Lipinski definition) is 8. The van der Waals surface area contributed by atoms with Crippen molar-refractivity contribution in [3.63, 3.8) is 0 Å². The summed E-state index contributed by atoms with van der Waals surface area (Å²) in [6, 6.07) is 13.7. The van der Waals surface area contributed by atoms with E-state index in [1.807, 2.05) is 24.3 Å². The lowest BCUT2D eigenvalue weighted by molar-refractivity contribution is -0.385. The summed E-state index contributed by atoms with van der Waals surface area (Å²) in [6.45, 7) is 5.80. The van der Waals surface area contributed by atoms with Crippen LogP contribution in [0.3, 0.4) is 0 Å². The molecule has 0 saturated carbocycles. The van der Waals surface area contributed by atoms with E-state index < -0.39 is 0 Å². The first-order valence-corrected chi connectivity index (χ1v) is 12.0. The van der Waals surface area contributed by atoms with E-state index >= 15 is 0 Å². The third-order valence-electron chi connectivity index (χ3n) is 6.63. The van der Waals surface area contributed by atoms with E-state index in [-0.39, 0.29) is 33.6 Å². The van der Waals surface area contributed by atoms with Crippen molar-refractivity contribution < 1.29 is 9.85 Å². The molecule has 0 bridgehead atoms. The number of rotatable bonds is 9. The topological polar surface area (TPSA) is 117 Å². The molecule has 0 aliphatic carbocycles. The van der Waals surface area contributed by atoms with Gasteiger partial charge in [0.05, 0.1) is 22.2 Å². The van der Waals surface area contributed by atoms with Crippen molar-refractivity contribution in [1.82, 2.24) is 20.4 Å². The van der Waals surface area contributed by atoms with Gasteiger partial charge in [-0.25, -0.2) is 0 Å². The van der Waals surface area contributed by atoms with Crippen molar-refractivity contribution in [3.05, 3.63) is 79.9 Å². The normalized spacial score (nSPS) is 21.9. The third-order valence-corrected chi connectivity index (χ3v) is 6.63. The van der Waals surface area contributed by atoms with Gasteiger partial charge in [-0.15, -0.1) is 0 Å². The molecular formula is C24H32N6O4. The van der Waals surface area contributed by atoms with Crippen molar-refractivity contribution >= 4 is 11.4 Å². The molecule has 2 aromatic carbocycles. The fourth-order valence-corrected chi connectivity index (χ4v) is 4.88. The van der Waals surface area contributed by atoms with Gasteiger partial charge in [-0.05, 0) is 87.3 Å². The smallest absolute Gasteiger partial charge is 0.269 e. The van der Waals surface area contributed by atoms with E-state index in [1.165, 1.54) is 0 Å². The maximum atomic E-state index is 11.0. The first-order valence-electron chi connectivity index (χ1n) is 12.0. The van der Waals surface area contributed by atoms with Crippen LogP contribution in [0.15, 0.2) is 48.5 Å². The lowest BCUT2D eigenvalue weighted by Crippen LogP contribution is -2.46. The Hall–Kier alpha value is -2.92. The molecule has 2 unspecified atom stereocenters. The molecule has 4 rings (SSSR count). The molecule has 2 atom stereocenters. The molecule has 10 nitrogen and oxygen atoms in total. The van der Waals surface area contributed by atoms with E-state index in [4.69, 9.17) is 0 Å². The zero-order valence-corrected chi connectivity index (χ0v) is 19.3. The number of hydrogen-bond donors (Lipinski definition) is 2. The maximum absolute atomic E-state index is 11.0. The van der Waals surface area contributed by atoms with Crippen LogP contribution in [0.25, 0.3) is 0 Å². The minimum Gasteiger partial charge on any atom is -0.298 e. The number of non-ortho nitro benzene ring substituents is 2. The highest BCUT2D eigenvalue weighted by atomic mass is 16.6. The van der Waals surface area contributed by atoms with Crippen molar-refractivity contribution in [1.29, 1.82) is 0 Å². The van der Waals surface area contributed by atoms with Gasteiger partial charge in [0.15, 0.2) is 0 Å². The second-order valence-electron chi connectivity index (χ2n) is 8.90. The average molecular weight is 469 g/mol. The minimum absolute atomic E-state index is 0.0825. The van der Waals surface area contributed by atoms with Crippen LogP contribution in [0.5, 0.6) is 0 Å². The Morgan fingerprint density at radius 3 is 1.44 bits per heavy atom. The fourth-order valence-electron chi connectivity index (χ4n) is 4.88. The summed E-state index contributed by atoms with van der Waals surface area (Å²) in [5.74, 6) is 0. The van der Waals surface area contributed by atoms with Gasteiger partial charge in [0.1, 0.15) is 0 Å². The summed E-state index contributed by atoms with van der Waals surface area (Å²) >= 11 is 0. The summed E-state index contributed by atoms with van der Waals surface area (Å²) in [5.41, 5.74) is 2.35. The van der Waals surface area contributed by atoms with Gasteiger partial charge >= 0.3 is 0 Å². The maximum Gasteiger partial charge on any atom is 0.269 e. The molecule has 0 amide bonds. The molecule has 2 aliphatic heterocycles. The third kappa shape index (κ3) is 5.95. The first-order chi connectivity index (χ1) is 16.5. The van der Waals surface area contributed by atoms with Crippen LogP contribution in [0.4, 0.5) is 11.4 Å². The zero-order chi connectivity index (χ0) is 23.9. The van der Waals surface area contributed by atoms with Crippen LogP contribution < -0.4 is 10.6 Å². The number of benzene rings is 2. The monoisotopic (exact) mass is 468 g/mol. The van der Waals surface area contributed by atoms with Crippen LogP contribution in [0.1, 0.15) is 49.1 Å². The zero-order valence-electron chi connectivity index (χ0n) is 19.3. The van der Waals surface area contributed by atoms with Crippen molar-refractivity contribution in [2.24, 2.45) is 0 Å². The predicted octanol–water partition coefficient (Wildman–Crippen LogP) is 3.57. The molecule has 10 heteroatoms. The van der Waals surface area contributed by atoms with Crippen LogP contribution in [-0.4, -0.2) is 58.9 Å². The van der Waals surface area contributed by atoms with Crippen LogP contribution in [-0.2, 0) is 0 Å². The number of nitrogens with one attached hydrogen (secondary N) is 2. The van der Waals surface area contributed by atoms with Gasteiger partial charge in [-0.1, -0.05) is 0 Å². The van der Waals surface area contributed by atoms with Crippen molar-refractivity contribution in [2.75, 3.05) is 39.3 Å². The summed E-state index contributed by atoms with van der Waals surface area (Å²) in [7, 11) is 0. The Morgan fingerprint density at radius 2 is 1.09 bits per heavy atom. The van der Waals surface area contributed by atoms with Crippen LogP contribution in [0.2, 0.25) is 0 Å². The number of nitro benzene ring substituents is 2. The van der Waals surface area contributed by atoms with Gasteiger partial charge < -0.3 is 0 Å². The number of nitro groups is 2. The number of unbranched alkanes of at least 4 members (excludes halogenated alkanes) is 1. The second-order valence-corrected chi connectivity index (χ2v) is 8.90. The van der Waals surface area contributed by atoms with E-state index in [1.54, 1.807) is 24.3 Å². The van der Waals surface area contributed by atoms with E-state index in [0.717, 1.165) is 76.1 Å². The molecule has 2 saturated heterocycles. The molecular weight excluding hydrogens is 436 g/mol. The molecule has 34 heavy (non-hydrogen) atoms. The SMILES string of the molecule is O=[N+]([O-])c1ccc(C2NCCCN2CCCCN2CCCNC2c2ccc([N+](=O)[O-])cc2)cc1. The Labute approximate surface area is 199 Å². The lowest BCUT2D eigenvalue weighted by Gasteiger charge is -2.38. The fraction of sp³-hybridized carbons (Fsp3) is 0.500. The summed E-state index contributed by atoms with van der Waals surface area (Å²) in [4.78, 5) is 26.0. The molecule has 2 N–H and O–H groups in total. The molecule has 2 aromatic rings. The highest BCUT2D eigenvalue weighted by Crippen LogP contribution is 2.26. The van der Waals surface area contributed by atoms with Gasteiger partial charge in [-0.3, -0.25) is 40.7 Å². The summed E-state index contributed by atoms with van der Waals surface area (Å²) in [6.07, 6.45) is 4.44. The molecule has 0 spiro atoms. The first kappa shape index (κ1) is 24.2. The van der Waals surface area contributed by atoms with Crippen molar-refractivity contribution in [3.8, 4) is 0 Å². The highest BCUT2D eigenvalue weighted by molar-refractivity contribution is 5.35. The Balaban J connectivity index is 1.30. The lowest BCUT2D eigenvalue weighted by atomic mass is 10.1. The Bertz CT molecular complexity index is 889. The average Bonchev–Trinajstić information content (AvgIpc) is 2.87.